The summed E-state index contributed by atoms with van der Waals surface area (Å²) in [6.07, 6.45) is -0.262. The van der Waals surface area contributed by atoms with Crippen LogP contribution in [0.5, 0.6) is 11.5 Å². The van der Waals surface area contributed by atoms with Crippen molar-refractivity contribution in [2.75, 3.05) is 20.3 Å². The Balaban J connectivity index is 2.03. The Kier molecular flexibility index (Phi) is 8.02. The molecule has 150 valence electrons. The molecule has 0 aliphatic carbocycles. The van der Waals surface area contributed by atoms with E-state index in [9.17, 15) is 14.7 Å². The zero-order chi connectivity index (χ0) is 20.5. The Morgan fingerprint density at radius 1 is 1.04 bits per heavy atom. The lowest BCUT2D eigenvalue weighted by molar-refractivity contribution is -0.151. The largest absolute Gasteiger partial charge is 0.497 e. The highest BCUT2D eigenvalue weighted by atomic mass is 16.5. The molecule has 0 heterocycles. The van der Waals surface area contributed by atoms with E-state index in [1.807, 2.05) is 19.1 Å². The lowest BCUT2D eigenvalue weighted by Gasteiger charge is -2.23. The van der Waals surface area contributed by atoms with Gasteiger partial charge >= 0.3 is 5.97 Å². The first kappa shape index (κ1) is 21.4. The molecular weight excluding hydrogens is 360 g/mol. The maximum absolute atomic E-state index is 12.3. The van der Waals surface area contributed by atoms with Crippen molar-refractivity contribution in [1.82, 2.24) is 0 Å². The highest BCUT2D eigenvalue weighted by molar-refractivity contribution is 5.97. The molecule has 2 aromatic rings. The monoisotopic (exact) mass is 386 g/mol. The molecular formula is C22H26O6. The molecule has 0 bridgehead atoms. The Bertz CT molecular complexity index is 784. The molecule has 0 aliphatic heterocycles. The molecule has 0 saturated carbocycles. The summed E-state index contributed by atoms with van der Waals surface area (Å²) in [4.78, 5) is 23.8. The zero-order valence-electron chi connectivity index (χ0n) is 16.4. The summed E-state index contributed by atoms with van der Waals surface area (Å²) in [6, 6.07) is 14.0. The first-order chi connectivity index (χ1) is 13.5. The smallest absolute Gasteiger partial charge is 0.333 e. The number of carbonyl (C=O) groups is 2. The number of ketones is 1. The van der Waals surface area contributed by atoms with Crippen LogP contribution >= 0.6 is 0 Å². The van der Waals surface area contributed by atoms with Crippen LogP contribution in [0.2, 0.25) is 0 Å². The number of ether oxygens (including phenoxy) is 3. The van der Waals surface area contributed by atoms with Gasteiger partial charge in [0.2, 0.25) is 0 Å². The van der Waals surface area contributed by atoms with Crippen molar-refractivity contribution in [2.45, 2.75) is 32.3 Å². The number of hydrogen-bond donors (Lipinski definition) is 1. The second-order valence-corrected chi connectivity index (χ2v) is 6.24. The SMILES string of the molecule is CCOC(C(=O)O)C(CC)c1ccc(OCC(=O)c2cccc(OC)c2)cc1. The number of benzene rings is 2. The molecule has 0 amide bonds. The van der Waals surface area contributed by atoms with E-state index >= 15 is 0 Å². The van der Waals surface area contributed by atoms with Crippen LogP contribution in [0.15, 0.2) is 48.5 Å². The first-order valence-electron chi connectivity index (χ1n) is 9.24. The summed E-state index contributed by atoms with van der Waals surface area (Å²) in [7, 11) is 1.55. The minimum absolute atomic E-state index is 0.0968. The first-order valence-corrected chi connectivity index (χ1v) is 9.24. The summed E-state index contributed by atoms with van der Waals surface area (Å²) in [5.74, 6) is -0.235. The summed E-state index contributed by atoms with van der Waals surface area (Å²) in [5.41, 5.74) is 1.37. The van der Waals surface area contributed by atoms with E-state index in [2.05, 4.69) is 0 Å². The predicted molar refractivity (Wildman–Crippen MR) is 105 cm³/mol. The molecule has 0 saturated heterocycles. The summed E-state index contributed by atoms with van der Waals surface area (Å²) in [5, 5.41) is 9.42. The Labute approximate surface area is 165 Å². The summed E-state index contributed by atoms with van der Waals surface area (Å²) >= 11 is 0. The van der Waals surface area contributed by atoms with Gasteiger partial charge in [0, 0.05) is 18.1 Å². The molecule has 6 nitrogen and oxygen atoms in total. The number of Topliss-reactive ketones (excluding diaryl/α,β-unsaturated/α-hetero) is 1. The third-order valence-corrected chi connectivity index (χ3v) is 4.46. The fraction of sp³-hybridized carbons (Fsp3) is 0.364. The lowest BCUT2D eigenvalue weighted by atomic mass is 9.91. The van der Waals surface area contributed by atoms with Gasteiger partial charge in [-0.3, -0.25) is 4.79 Å². The predicted octanol–water partition coefficient (Wildman–Crippen LogP) is 3.94. The molecule has 6 heteroatoms. The highest BCUT2D eigenvalue weighted by Gasteiger charge is 2.28. The van der Waals surface area contributed by atoms with Crippen molar-refractivity contribution >= 4 is 11.8 Å². The average Bonchev–Trinajstić information content (AvgIpc) is 2.72. The molecule has 2 unspecified atom stereocenters. The molecule has 28 heavy (non-hydrogen) atoms. The van der Waals surface area contributed by atoms with Crippen LogP contribution in [0.1, 0.15) is 42.1 Å². The van der Waals surface area contributed by atoms with Crippen LogP contribution in [0.4, 0.5) is 0 Å². The van der Waals surface area contributed by atoms with Crippen LogP contribution in [0.25, 0.3) is 0 Å². The van der Waals surface area contributed by atoms with Crippen LogP contribution in [0.3, 0.4) is 0 Å². The van der Waals surface area contributed by atoms with Gasteiger partial charge in [0.15, 0.2) is 18.5 Å². The fourth-order valence-corrected chi connectivity index (χ4v) is 3.00. The van der Waals surface area contributed by atoms with Gasteiger partial charge < -0.3 is 19.3 Å². The van der Waals surface area contributed by atoms with E-state index in [0.717, 1.165) is 5.56 Å². The van der Waals surface area contributed by atoms with Gasteiger partial charge in [0.1, 0.15) is 11.5 Å². The van der Waals surface area contributed by atoms with Gasteiger partial charge in [-0.25, -0.2) is 4.79 Å². The third-order valence-electron chi connectivity index (χ3n) is 4.46. The molecule has 0 radical (unpaired) electrons. The van der Waals surface area contributed by atoms with Crippen LogP contribution in [-0.4, -0.2) is 43.3 Å². The fourth-order valence-electron chi connectivity index (χ4n) is 3.00. The van der Waals surface area contributed by atoms with Crippen molar-refractivity contribution in [3.63, 3.8) is 0 Å². The van der Waals surface area contributed by atoms with Gasteiger partial charge in [0.25, 0.3) is 0 Å². The van der Waals surface area contributed by atoms with Gasteiger partial charge in [-0.1, -0.05) is 31.2 Å². The van der Waals surface area contributed by atoms with E-state index < -0.39 is 12.1 Å². The topological polar surface area (TPSA) is 82.1 Å². The van der Waals surface area contributed by atoms with Crippen molar-refractivity contribution in [3.05, 3.63) is 59.7 Å². The maximum atomic E-state index is 12.3. The van der Waals surface area contributed by atoms with Crippen molar-refractivity contribution < 1.29 is 28.9 Å². The number of rotatable bonds is 11. The standard InChI is InChI=1S/C22H26O6/c1-4-19(21(22(24)25)27-5-2)15-9-11-17(12-10-15)28-14-20(23)16-7-6-8-18(13-16)26-3/h6-13,19,21H,4-5,14H2,1-3H3,(H,24,25). The average molecular weight is 386 g/mol. The number of carboxylic acid groups (broad SMARTS) is 1. The second kappa shape index (κ2) is 10.5. The Morgan fingerprint density at radius 2 is 1.75 bits per heavy atom. The van der Waals surface area contributed by atoms with E-state index in [4.69, 9.17) is 14.2 Å². The van der Waals surface area contributed by atoms with Crippen LogP contribution in [0, 0.1) is 0 Å². The molecule has 2 atom stereocenters. The molecule has 2 rings (SSSR count). The van der Waals surface area contributed by atoms with Crippen LogP contribution in [-0.2, 0) is 9.53 Å². The molecule has 0 aliphatic rings. The second-order valence-electron chi connectivity index (χ2n) is 6.24. The molecule has 0 aromatic heterocycles. The van der Waals surface area contributed by atoms with Crippen molar-refractivity contribution in [3.8, 4) is 11.5 Å². The minimum Gasteiger partial charge on any atom is -0.497 e. The van der Waals surface area contributed by atoms with Gasteiger partial charge in [0.05, 0.1) is 7.11 Å². The van der Waals surface area contributed by atoms with Crippen molar-refractivity contribution in [1.29, 1.82) is 0 Å². The van der Waals surface area contributed by atoms with E-state index in [0.29, 0.717) is 30.1 Å². The molecule has 1 N–H and O–H groups in total. The maximum Gasteiger partial charge on any atom is 0.333 e. The van der Waals surface area contributed by atoms with E-state index in [1.54, 1.807) is 50.4 Å². The minimum atomic E-state index is -0.974. The van der Waals surface area contributed by atoms with Gasteiger partial charge in [-0.2, -0.15) is 0 Å². The normalized spacial score (nSPS) is 12.8. The zero-order valence-corrected chi connectivity index (χ0v) is 16.4. The van der Waals surface area contributed by atoms with Gasteiger partial charge in [-0.05, 0) is 43.2 Å². The Hall–Kier alpha value is -2.86. The Morgan fingerprint density at radius 3 is 2.32 bits per heavy atom. The molecule has 0 spiro atoms. The molecule has 0 fully saturated rings. The van der Waals surface area contributed by atoms with Crippen molar-refractivity contribution in [2.24, 2.45) is 0 Å². The molecule has 2 aromatic carbocycles. The number of methoxy groups -OCH3 is 1. The number of aliphatic carboxylic acids is 1. The quantitative estimate of drug-likeness (QED) is 0.589. The van der Waals surface area contributed by atoms with E-state index in [1.165, 1.54) is 0 Å². The third kappa shape index (κ3) is 5.57. The lowest BCUT2D eigenvalue weighted by Crippen LogP contribution is -2.30. The number of carbonyl (C=O) groups excluding carboxylic acids is 1. The summed E-state index contributed by atoms with van der Waals surface area (Å²) in [6.45, 7) is 3.94. The van der Waals surface area contributed by atoms with E-state index in [-0.39, 0.29) is 18.3 Å². The summed E-state index contributed by atoms with van der Waals surface area (Å²) < 4.78 is 16.1. The number of hydrogen-bond acceptors (Lipinski definition) is 5. The highest BCUT2D eigenvalue weighted by Crippen LogP contribution is 2.27. The van der Waals surface area contributed by atoms with Gasteiger partial charge in [-0.15, -0.1) is 0 Å². The number of carboxylic acids is 1. The van der Waals surface area contributed by atoms with Crippen LogP contribution < -0.4 is 9.47 Å².